The van der Waals surface area contributed by atoms with Gasteiger partial charge >= 0.3 is 0 Å². The van der Waals surface area contributed by atoms with Crippen molar-refractivity contribution < 1.29 is 9.84 Å². The third kappa shape index (κ3) is 4.78. The summed E-state index contributed by atoms with van der Waals surface area (Å²) in [5.74, 6) is 1.67. The molecule has 0 radical (unpaired) electrons. The van der Waals surface area contributed by atoms with Gasteiger partial charge in [0, 0.05) is 28.3 Å². The highest BCUT2D eigenvalue weighted by Crippen LogP contribution is 2.44. The molecule has 0 bridgehead atoms. The molecule has 2 atom stereocenters. The highest BCUT2D eigenvalue weighted by atomic mass is 35.5. The van der Waals surface area contributed by atoms with Crippen LogP contribution in [0.15, 0.2) is 103 Å². The SMILES string of the molecule is Cc1cc([C@@H]2[C@H](c3ccccn3)NC(=S)N2c2ccc(Oc3ccccc3)cc2)c(C)n1-c1cc(Cl)ccc1O. The molecule has 0 amide bonds. The standard InChI is InChI=1S/C32H27ClN4O2S/c1-20-18-26(21(2)36(20)28-19-22(33)11-16-29(28)38)31-30(27-10-6-7-17-34-27)35-32(40)37(31)23-12-14-25(15-13-23)39-24-8-4-3-5-9-24/h3-19,30-31,38H,1-2H3,(H,35,40)/t30-,31+/m0/s1. The minimum absolute atomic E-state index is 0.157. The van der Waals surface area contributed by atoms with Gasteiger partial charge in [-0.15, -0.1) is 0 Å². The van der Waals surface area contributed by atoms with Crippen LogP contribution in [0.2, 0.25) is 5.02 Å². The molecule has 3 heterocycles. The quantitative estimate of drug-likeness (QED) is 0.204. The largest absolute Gasteiger partial charge is 0.506 e. The number of anilines is 1. The Morgan fingerprint density at radius 1 is 0.900 bits per heavy atom. The van der Waals surface area contributed by atoms with Crippen LogP contribution in [0.1, 0.15) is 34.7 Å². The Hall–Kier alpha value is -4.33. The number of benzene rings is 3. The maximum atomic E-state index is 10.7. The summed E-state index contributed by atoms with van der Waals surface area (Å²) in [6.45, 7) is 4.07. The van der Waals surface area contributed by atoms with Crippen molar-refractivity contribution in [1.82, 2.24) is 14.9 Å². The van der Waals surface area contributed by atoms with Gasteiger partial charge in [0.2, 0.25) is 0 Å². The van der Waals surface area contributed by atoms with E-state index >= 15 is 0 Å². The van der Waals surface area contributed by atoms with E-state index in [1.807, 2.05) is 84.3 Å². The summed E-state index contributed by atoms with van der Waals surface area (Å²) in [5, 5.41) is 15.4. The number of nitrogens with one attached hydrogen (secondary N) is 1. The first kappa shape index (κ1) is 25.9. The predicted octanol–water partition coefficient (Wildman–Crippen LogP) is 7.82. The van der Waals surface area contributed by atoms with E-state index in [-0.39, 0.29) is 17.8 Å². The number of hydrogen-bond acceptors (Lipinski definition) is 4. The molecule has 0 spiro atoms. The molecule has 5 aromatic rings. The number of ether oxygens (including phenoxy) is 1. The van der Waals surface area contributed by atoms with Crippen LogP contribution in [0.5, 0.6) is 17.2 Å². The van der Waals surface area contributed by atoms with Gasteiger partial charge in [0.15, 0.2) is 5.11 Å². The lowest BCUT2D eigenvalue weighted by Gasteiger charge is -2.28. The third-order valence-electron chi connectivity index (χ3n) is 7.16. The van der Waals surface area contributed by atoms with Crippen molar-refractivity contribution in [3.8, 4) is 22.9 Å². The molecular formula is C32H27ClN4O2S. The molecule has 6 nitrogen and oxygen atoms in total. The van der Waals surface area contributed by atoms with Crippen LogP contribution in [0, 0.1) is 13.8 Å². The lowest BCUT2D eigenvalue weighted by Crippen LogP contribution is -2.29. The predicted molar refractivity (Wildman–Crippen MR) is 163 cm³/mol. The average Bonchev–Trinajstić information content (AvgIpc) is 3.46. The van der Waals surface area contributed by atoms with Crippen LogP contribution in [-0.4, -0.2) is 19.8 Å². The van der Waals surface area contributed by atoms with Crippen LogP contribution in [0.25, 0.3) is 5.69 Å². The maximum absolute atomic E-state index is 10.7. The first-order valence-electron chi connectivity index (χ1n) is 12.9. The molecule has 1 aliphatic rings. The number of rotatable bonds is 6. The van der Waals surface area contributed by atoms with Crippen molar-refractivity contribution in [1.29, 1.82) is 0 Å². The van der Waals surface area contributed by atoms with E-state index in [0.29, 0.717) is 15.8 Å². The number of halogens is 1. The number of para-hydroxylation sites is 1. The number of thiocarbonyl (C=S) groups is 1. The van der Waals surface area contributed by atoms with E-state index in [4.69, 9.17) is 28.6 Å². The fraction of sp³-hybridized carbons (Fsp3) is 0.125. The molecule has 2 N–H and O–H groups in total. The second kappa shape index (κ2) is 10.7. The molecule has 0 aliphatic carbocycles. The Kier molecular flexibility index (Phi) is 6.92. The molecule has 1 fully saturated rings. The van der Waals surface area contributed by atoms with E-state index in [1.165, 1.54) is 0 Å². The van der Waals surface area contributed by atoms with Gasteiger partial charge in [-0.1, -0.05) is 35.9 Å². The molecule has 0 saturated carbocycles. The summed E-state index contributed by atoms with van der Waals surface area (Å²) in [6.07, 6.45) is 1.79. The molecule has 1 aliphatic heterocycles. The van der Waals surface area contributed by atoms with Gasteiger partial charge in [0.05, 0.1) is 23.5 Å². The van der Waals surface area contributed by atoms with Gasteiger partial charge < -0.3 is 24.6 Å². The monoisotopic (exact) mass is 566 g/mol. The summed E-state index contributed by atoms with van der Waals surface area (Å²) in [4.78, 5) is 6.80. The third-order valence-corrected chi connectivity index (χ3v) is 7.71. The average molecular weight is 567 g/mol. The summed E-state index contributed by atoms with van der Waals surface area (Å²) in [6, 6.07) is 30.3. The van der Waals surface area contributed by atoms with Gasteiger partial charge in [-0.05, 0) is 104 Å². The van der Waals surface area contributed by atoms with E-state index < -0.39 is 0 Å². The van der Waals surface area contributed by atoms with Crippen LogP contribution in [-0.2, 0) is 0 Å². The van der Waals surface area contributed by atoms with Crippen molar-refractivity contribution in [2.24, 2.45) is 0 Å². The lowest BCUT2D eigenvalue weighted by molar-refractivity contribution is 0.471. The van der Waals surface area contributed by atoms with Gasteiger partial charge in [-0.2, -0.15) is 0 Å². The fourth-order valence-electron chi connectivity index (χ4n) is 5.38. The Bertz CT molecular complexity index is 1670. The molecule has 8 heteroatoms. The Balaban J connectivity index is 1.44. The molecular weight excluding hydrogens is 540 g/mol. The zero-order valence-corrected chi connectivity index (χ0v) is 23.5. The number of hydrogen-bond donors (Lipinski definition) is 2. The van der Waals surface area contributed by atoms with E-state index in [2.05, 4.69) is 28.2 Å². The van der Waals surface area contributed by atoms with Crippen molar-refractivity contribution in [3.63, 3.8) is 0 Å². The summed E-state index contributed by atoms with van der Waals surface area (Å²) in [7, 11) is 0. The van der Waals surface area contributed by atoms with Crippen LogP contribution in [0.4, 0.5) is 5.69 Å². The number of phenolic OH excluding ortho intramolecular Hbond substituents is 1. The second-order valence-electron chi connectivity index (χ2n) is 9.70. The number of phenols is 1. The van der Waals surface area contributed by atoms with Crippen LogP contribution in [0.3, 0.4) is 0 Å². The van der Waals surface area contributed by atoms with E-state index in [0.717, 1.165) is 39.8 Å². The smallest absolute Gasteiger partial charge is 0.174 e. The zero-order valence-electron chi connectivity index (χ0n) is 22.0. The second-order valence-corrected chi connectivity index (χ2v) is 10.5. The highest BCUT2D eigenvalue weighted by Gasteiger charge is 2.42. The van der Waals surface area contributed by atoms with Gasteiger partial charge in [-0.25, -0.2) is 0 Å². The molecule has 6 rings (SSSR count). The molecule has 0 unspecified atom stereocenters. The van der Waals surface area contributed by atoms with E-state index in [1.54, 1.807) is 24.4 Å². The Labute approximate surface area is 243 Å². The lowest BCUT2D eigenvalue weighted by atomic mass is 9.96. The van der Waals surface area contributed by atoms with Crippen molar-refractivity contribution in [3.05, 3.63) is 131 Å². The highest BCUT2D eigenvalue weighted by molar-refractivity contribution is 7.80. The van der Waals surface area contributed by atoms with E-state index in [9.17, 15) is 5.11 Å². The molecule has 1 saturated heterocycles. The van der Waals surface area contributed by atoms with Crippen molar-refractivity contribution in [2.75, 3.05) is 4.90 Å². The van der Waals surface area contributed by atoms with Gasteiger partial charge in [-0.3, -0.25) is 4.98 Å². The minimum atomic E-state index is -0.204. The number of aromatic nitrogens is 2. The van der Waals surface area contributed by atoms with Gasteiger partial charge in [0.1, 0.15) is 17.2 Å². The Morgan fingerprint density at radius 2 is 1.62 bits per heavy atom. The van der Waals surface area contributed by atoms with Crippen LogP contribution >= 0.6 is 23.8 Å². The topological polar surface area (TPSA) is 62.5 Å². The van der Waals surface area contributed by atoms with Crippen molar-refractivity contribution in [2.45, 2.75) is 25.9 Å². The first-order chi connectivity index (χ1) is 19.4. The number of pyridine rings is 1. The molecule has 40 heavy (non-hydrogen) atoms. The number of nitrogens with zero attached hydrogens (tertiary/aromatic N) is 3. The van der Waals surface area contributed by atoms with Crippen LogP contribution < -0.4 is 15.0 Å². The molecule has 2 aromatic heterocycles. The molecule has 200 valence electrons. The maximum Gasteiger partial charge on any atom is 0.174 e. The molecule has 3 aromatic carbocycles. The first-order valence-corrected chi connectivity index (χ1v) is 13.7. The summed E-state index contributed by atoms with van der Waals surface area (Å²) < 4.78 is 8.05. The zero-order chi connectivity index (χ0) is 27.8. The van der Waals surface area contributed by atoms with Crippen molar-refractivity contribution >= 4 is 34.6 Å². The normalized spacial score (nSPS) is 16.7. The van der Waals surface area contributed by atoms with Gasteiger partial charge in [0.25, 0.3) is 0 Å². The minimum Gasteiger partial charge on any atom is -0.506 e. The number of aryl methyl sites for hydroxylation is 1. The summed E-state index contributed by atoms with van der Waals surface area (Å²) >= 11 is 12.2. The fourth-order valence-corrected chi connectivity index (χ4v) is 5.89. The Morgan fingerprint density at radius 3 is 2.35 bits per heavy atom. The summed E-state index contributed by atoms with van der Waals surface area (Å²) in [5.41, 5.74) is 5.44. The number of aromatic hydroxyl groups is 1.